The molecule has 0 aromatic heterocycles. The number of amides is 2. The fourth-order valence-electron chi connectivity index (χ4n) is 3.75. The molecule has 144 valence electrons. The summed E-state index contributed by atoms with van der Waals surface area (Å²) in [7, 11) is 0. The van der Waals surface area contributed by atoms with Crippen LogP contribution in [0.15, 0.2) is 24.3 Å². The highest BCUT2D eigenvalue weighted by Gasteiger charge is 2.31. The first kappa shape index (κ1) is 19.0. The minimum atomic E-state index is -0.0450. The number of anilines is 1. The summed E-state index contributed by atoms with van der Waals surface area (Å²) in [5, 5.41) is 3.02. The lowest BCUT2D eigenvalue weighted by atomic mass is 10.1. The first-order chi connectivity index (χ1) is 12.6. The zero-order valence-electron chi connectivity index (χ0n) is 16.1. The lowest BCUT2D eigenvalue weighted by Crippen LogP contribution is -2.58. The Bertz CT molecular complexity index is 604. The minimum absolute atomic E-state index is 0.0450. The molecule has 1 aromatic rings. The first-order valence-electron chi connectivity index (χ1n) is 9.73. The predicted molar refractivity (Wildman–Crippen MR) is 103 cm³/mol. The van der Waals surface area contributed by atoms with Crippen molar-refractivity contribution < 1.29 is 14.3 Å². The highest BCUT2D eigenvalue weighted by molar-refractivity contribution is 5.89. The maximum Gasteiger partial charge on any atom is 0.322 e. The van der Waals surface area contributed by atoms with Crippen LogP contribution in [0, 0.1) is 0 Å². The highest BCUT2D eigenvalue weighted by Crippen LogP contribution is 2.21. The van der Waals surface area contributed by atoms with Crippen molar-refractivity contribution in [2.45, 2.75) is 51.8 Å². The average molecular weight is 361 g/mol. The Hall–Kier alpha value is -1.79. The highest BCUT2D eigenvalue weighted by atomic mass is 16.5. The van der Waals surface area contributed by atoms with Gasteiger partial charge in [-0.05, 0) is 45.4 Å². The molecule has 0 unspecified atom stereocenters. The van der Waals surface area contributed by atoms with Crippen molar-refractivity contribution in [3.05, 3.63) is 24.3 Å². The zero-order chi connectivity index (χ0) is 18.5. The Morgan fingerprint density at radius 3 is 2.88 bits per heavy atom. The maximum absolute atomic E-state index is 12.7. The largest absolute Gasteiger partial charge is 0.491 e. The molecule has 6 heteroatoms. The summed E-state index contributed by atoms with van der Waals surface area (Å²) in [6.07, 6.45) is 2.34. The number of nitrogens with one attached hydrogen (secondary N) is 1. The van der Waals surface area contributed by atoms with E-state index < -0.39 is 0 Å². The van der Waals surface area contributed by atoms with Crippen molar-refractivity contribution in [1.29, 1.82) is 0 Å². The van der Waals surface area contributed by atoms with Crippen molar-refractivity contribution >= 4 is 11.7 Å². The molecule has 3 atom stereocenters. The van der Waals surface area contributed by atoms with Crippen LogP contribution in [0.2, 0.25) is 0 Å². The SMILES string of the molecule is CCN1C[C@H](C)N(C(=O)Nc2cccc(OC[C@@H]3CCCO3)c2)C[C@@H]1C. The van der Waals surface area contributed by atoms with Crippen LogP contribution in [-0.2, 0) is 4.74 Å². The van der Waals surface area contributed by atoms with Crippen LogP contribution >= 0.6 is 0 Å². The van der Waals surface area contributed by atoms with E-state index in [1.807, 2.05) is 29.2 Å². The van der Waals surface area contributed by atoms with Gasteiger partial charge >= 0.3 is 6.03 Å². The third-order valence-corrected chi connectivity index (χ3v) is 5.33. The number of likely N-dealkylation sites (N-methyl/N-ethyl adjacent to an activating group) is 1. The second-order valence-corrected chi connectivity index (χ2v) is 7.34. The van der Waals surface area contributed by atoms with Crippen LogP contribution in [0.5, 0.6) is 5.75 Å². The standard InChI is InChI=1S/C20H31N3O3/c1-4-22-12-16(3)23(13-15(22)2)20(24)21-17-7-5-8-18(11-17)26-14-19-9-6-10-25-19/h5,7-8,11,15-16,19H,4,6,9-10,12-14H2,1-3H3,(H,21,24)/t15-,16-,19-/m0/s1. The van der Waals surface area contributed by atoms with Crippen molar-refractivity contribution in [3.8, 4) is 5.75 Å². The topological polar surface area (TPSA) is 54.0 Å². The molecule has 2 aliphatic rings. The van der Waals surface area contributed by atoms with Crippen LogP contribution in [0.4, 0.5) is 10.5 Å². The zero-order valence-corrected chi connectivity index (χ0v) is 16.1. The van der Waals surface area contributed by atoms with Gasteiger partial charge in [-0.25, -0.2) is 4.79 Å². The summed E-state index contributed by atoms with van der Waals surface area (Å²) in [5.74, 6) is 0.760. The molecule has 6 nitrogen and oxygen atoms in total. The molecule has 3 rings (SSSR count). The van der Waals surface area contributed by atoms with Gasteiger partial charge in [0.05, 0.1) is 6.10 Å². The van der Waals surface area contributed by atoms with Gasteiger partial charge in [-0.3, -0.25) is 4.90 Å². The molecule has 0 radical (unpaired) electrons. The van der Waals surface area contributed by atoms with Crippen molar-refractivity contribution in [2.24, 2.45) is 0 Å². The number of rotatable bonds is 5. The Morgan fingerprint density at radius 1 is 1.31 bits per heavy atom. The van der Waals surface area contributed by atoms with Crippen LogP contribution in [0.1, 0.15) is 33.6 Å². The smallest absolute Gasteiger partial charge is 0.322 e. The van der Waals surface area contributed by atoms with Gasteiger partial charge in [-0.1, -0.05) is 13.0 Å². The summed E-state index contributed by atoms with van der Waals surface area (Å²) in [6.45, 7) is 10.5. The molecule has 0 saturated carbocycles. The number of ether oxygens (including phenoxy) is 2. The second kappa shape index (κ2) is 8.73. The number of nitrogens with zero attached hydrogens (tertiary/aromatic N) is 2. The maximum atomic E-state index is 12.7. The van der Waals surface area contributed by atoms with E-state index in [0.717, 1.165) is 50.5 Å². The molecule has 26 heavy (non-hydrogen) atoms. The molecule has 1 aromatic carbocycles. The van der Waals surface area contributed by atoms with Gasteiger partial charge in [0, 0.05) is 43.5 Å². The molecule has 2 aliphatic heterocycles. The summed E-state index contributed by atoms with van der Waals surface area (Å²) >= 11 is 0. The van der Waals surface area contributed by atoms with E-state index in [4.69, 9.17) is 9.47 Å². The first-order valence-corrected chi connectivity index (χ1v) is 9.73. The van der Waals surface area contributed by atoms with Crippen LogP contribution < -0.4 is 10.1 Å². The molecule has 2 heterocycles. The fraction of sp³-hybridized carbons (Fsp3) is 0.650. The van der Waals surface area contributed by atoms with E-state index in [-0.39, 0.29) is 18.2 Å². The van der Waals surface area contributed by atoms with E-state index in [2.05, 4.69) is 31.0 Å². The normalized spacial score (nSPS) is 26.7. The molecule has 0 bridgehead atoms. The molecule has 1 N–H and O–H groups in total. The van der Waals surface area contributed by atoms with Crippen molar-refractivity contribution in [3.63, 3.8) is 0 Å². The molecule has 0 aliphatic carbocycles. The number of piperazine rings is 1. The third kappa shape index (κ3) is 4.68. The lowest BCUT2D eigenvalue weighted by Gasteiger charge is -2.43. The van der Waals surface area contributed by atoms with Crippen molar-refractivity contribution in [2.75, 3.05) is 38.2 Å². The second-order valence-electron chi connectivity index (χ2n) is 7.34. The summed E-state index contributed by atoms with van der Waals surface area (Å²) in [6, 6.07) is 8.12. The number of carbonyl (C=O) groups is 1. The number of carbonyl (C=O) groups excluding carboxylic acids is 1. The lowest BCUT2D eigenvalue weighted by molar-refractivity contribution is 0.0679. The molecule has 2 amide bonds. The van der Waals surface area contributed by atoms with Crippen molar-refractivity contribution in [1.82, 2.24) is 9.80 Å². The van der Waals surface area contributed by atoms with Crippen LogP contribution in [0.25, 0.3) is 0 Å². The predicted octanol–water partition coefficient (Wildman–Crippen LogP) is 3.19. The van der Waals surface area contributed by atoms with E-state index in [0.29, 0.717) is 12.6 Å². The number of hydrogen-bond donors (Lipinski definition) is 1. The Kier molecular flexibility index (Phi) is 6.38. The minimum Gasteiger partial charge on any atom is -0.491 e. The average Bonchev–Trinajstić information content (AvgIpc) is 3.15. The van der Waals surface area contributed by atoms with Gasteiger partial charge in [0.25, 0.3) is 0 Å². The molecule has 2 fully saturated rings. The van der Waals surface area contributed by atoms with Gasteiger partial charge in [0.2, 0.25) is 0 Å². The molecular formula is C20H31N3O3. The Balaban J connectivity index is 1.56. The third-order valence-electron chi connectivity index (χ3n) is 5.33. The van der Waals surface area contributed by atoms with E-state index in [9.17, 15) is 4.79 Å². The number of hydrogen-bond acceptors (Lipinski definition) is 4. The quantitative estimate of drug-likeness (QED) is 0.875. The number of urea groups is 1. The Labute approximate surface area is 156 Å². The molecule has 0 spiro atoms. The fourth-order valence-corrected chi connectivity index (χ4v) is 3.75. The Morgan fingerprint density at radius 2 is 2.15 bits per heavy atom. The van der Waals surface area contributed by atoms with Crippen LogP contribution in [-0.4, -0.2) is 66.9 Å². The van der Waals surface area contributed by atoms with E-state index in [1.54, 1.807) is 0 Å². The summed E-state index contributed by atoms with van der Waals surface area (Å²) in [4.78, 5) is 17.1. The summed E-state index contributed by atoms with van der Waals surface area (Å²) < 4.78 is 11.4. The van der Waals surface area contributed by atoms with Crippen LogP contribution in [0.3, 0.4) is 0 Å². The van der Waals surface area contributed by atoms with Gasteiger partial charge in [0.15, 0.2) is 0 Å². The van der Waals surface area contributed by atoms with Gasteiger partial charge in [-0.15, -0.1) is 0 Å². The molecular weight excluding hydrogens is 330 g/mol. The summed E-state index contributed by atoms with van der Waals surface area (Å²) in [5.41, 5.74) is 0.762. The molecule has 2 saturated heterocycles. The van der Waals surface area contributed by atoms with Gasteiger partial charge < -0.3 is 19.7 Å². The van der Waals surface area contributed by atoms with Gasteiger partial charge in [-0.2, -0.15) is 0 Å². The monoisotopic (exact) mass is 361 g/mol. The van der Waals surface area contributed by atoms with Gasteiger partial charge in [0.1, 0.15) is 12.4 Å². The van der Waals surface area contributed by atoms with E-state index >= 15 is 0 Å². The number of benzene rings is 1. The van der Waals surface area contributed by atoms with E-state index in [1.165, 1.54) is 0 Å².